The van der Waals surface area contributed by atoms with Crippen molar-refractivity contribution in [3.63, 3.8) is 0 Å². The zero-order valence-corrected chi connectivity index (χ0v) is 20.1. The number of rotatable bonds is 6. The third-order valence-corrected chi connectivity index (χ3v) is 5.70. The summed E-state index contributed by atoms with van der Waals surface area (Å²) in [6.45, 7) is 0.213. The highest BCUT2D eigenvalue weighted by Gasteiger charge is 2.40. The molecule has 1 saturated heterocycles. The van der Waals surface area contributed by atoms with Gasteiger partial charge in [0.2, 0.25) is 0 Å². The number of esters is 1. The van der Waals surface area contributed by atoms with E-state index in [4.69, 9.17) is 18.9 Å². The number of ether oxygens (including phenoxy) is 4. The SMILES string of the molecule is COc1ccc(O[C@H]2[C@@H](/C=C/C#Cc3ccccc3)OC[C@H]2OC(=O)c2ccc(Br)cc2)cc1. The maximum Gasteiger partial charge on any atom is 0.338 e. The van der Waals surface area contributed by atoms with Crippen LogP contribution in [0.25, 0.3) is 0 Å². The summed E-state index contributed by atoms with van der Waals surface area (Å²) >= 11 is 3.37. The van der Waals surface area contributed by atoms with Crippen LogP contribution in [0, 0.1) is 11.8 Å². The van der Waals surface area contributed by atoms with Crippen LogP contribution in [-0.2, 0) is 9.47 Å². The number of carbonyl (C=O) groups excluding carboxylic acids is 1. The normalized spacial score (nSPS) is 19.3. The molecule has 172 valence electrons. The number of hydrogen-bond acceptors (Lipinski definition) is 5. The van der Waals surface area contributed by atoms with Crippen molar-refractivity contribution in [1.82, 2.24) is 0 Å². The monoisotopic (exact) mass is 518 g/mol. The predicted octanol–water partition coefficient (Wildman–Crippen LogP) is 5.44. The zero-order valence-electron chi connectivity index (χ0n) is 18.5. The molecule has 4 rings (SSSR count). The first kappa shape index (κ1) is 23.6. The molecule has 3 atom stereocenters. The van der Waals surface area contributed by atoms with Gasteiger partial charge in [0.15, 0.2) is 12.2 Å². The molecular weight excluding hydrogens is 496 g/mol. The minimum Gasteiger partial charge on any atom is -0.497 e. The van der Waals surface area contributed by atoms with Crippen LogP contribution in [0.3, 0.4) is 0 Å². The van der Waals surface area contributed by atoms with Gasteiger partial charge in [0.05, 0.1) is 19.3 Å². The van der Waals surface area contributed by atoms with Gasteiger partial charge in [-0.1, -0.05) is 46.0 Å². The van der Waals surface area contributed by atoms with Crippen molar-refractivity contribution >= 4 is 21.9 Å². The Morgan fingerprint density at radius 3 is 2.41 bits per heavy atom. The standard InChI is InChI=1S/C28H23BrO5/c1-31-23-15-17-24(18-16-23)33-27-25(10-6-5-9-20-7-3-2-4-8-20)32-19-26(27)34-28(30)21-11-13-22(29)14-12-21/h2-4,6-8,10-18,25-27H,19H2,1H3/b10-6+/t25-,26-,27+/m1/s1. The number of hydrogen-bond donors (Lipinski definition) is 0. The second-order valence-corrected chi connectivity index (χ2v) is 8.42. The van der Waals surface area contributed by atoms with Gasteiger partial charge in [0.1, 0.15) is 17.6 Å². The Morgan fingerprint density at radius 2 is 1.71 bits per heavy atom. The summed E-state index contributed by atoms with van der Waals surface area (Å²) in [5, 5.41) is 0. The molecule has 3 aromatic carbocycles. The topological polar surface area (TPSA) is 54.0 Å². The van der Waals surface area contributed by atoms with Gasteiger partial charge in [0.25, 0.3) is 0 Å². The Morgan fingerprint density at radius 1 is 1.00 bits per heavy atom. The Labute approximate surface area is 207 Å². The van der Waals surface area contributed by atoms with Crippen LogP contribution in [0.15, 0.2) is 95.5 Å². The lowest BCUT2D eigenvalue weighted by Crippen LogP contribution is -2.38. The minimum absolute atomic E-state index is 0.213. The molecule has 1 fully saturated rings. The Balaban J connectivity index is 1.50. The lowest BCUT2D eigenvalue weighted by molar-refractivity contribution is 0.00529. The number of halogens is 1. The van der Waals surface area contributed by atoms with Crippen molar-refractivity contribution in [2.24, 2.45) is 0 Å². The molecular formula is C28H23BrO5. The van der Waals surface area contributed by atoms with Crippen molar-refractivity contribution in [1.29, 1.82) is 0 Å². The van der Waals surface area contributed by atoms with Crippen LogP contribution >= 0.6 is 15.9 Å². The van der Waals surface area contributed by atoms with Crippen LogP contribution < -0.4 is 9.47 Å². The molecule has 0 radical (unpaired) electrons. The fraction of sp³-hybridized carbons (Fsp3) is 0.179. The van der Waals surface area contributed by atoms with E-state index in [1.165, 1.54) is 0 Å². The molecule has 3 aromatic rings. The van der Waals surface area contributed by atoms with Crippen molar-refractivity contribution in [3.05, 3.63) is 107 Å². The minimum atomic E-state index is -0.588. The van der Waals surface area contributed by atoms with E-state index >= 15 is 0 Å². The molecule has 0 unspecified atom stereocenters. The number of carbonyl (C=O) groups is 1. The summed E-state index contributed by atoms with van der Waals surface area (Å²) in [5.41, 5.74) is 1.38. The van der Waals surface area contributed by atoms with Gasteiger partial charge in [-0.05, 0) is 72.8 Å². The Hall–Kier alpha value is -3.53. The summed E-state index contributed by atoms with van der Waals surface area (Å²) in [7, 11) is 1.61. The van der Waals surface area contributed by atoms with E-state index in [-0.39, 0.29) is 6.61 Å². The summed E-state index contributed by atoms with van der Waals surface area (Å²) in [4.78, 5) is 12.7. The average molecular weight is 519 g/mol. The highest BCUT2D eigenvalue weighted by molar-refractivity contribution is 9.10. The van der Waals surface area contributed by atoms with Crippen molar-refractivity contribution in [2.45, 2.75) is 18.3 Å². The van der Waals surface area contributed by atoms with Crippen LogP contribution in [-0.4, -0.2) is 38.0 Å². The number of allylic oxidation sites excluding steroid dienone is 1. The molecule has 0 spiro atoms. The fourth-order valence-electron chi connectivity index (χ4n) is 3.41. The van der Waals surface area contributed by atoms with Crippen LogP contribution in [0.1, 0.15) is 15.9 Å². The van der Waals surface area contributed by atoms with E-state index in [1.807, 2.05) is 48.5 Å². The van der Waals surface area contributed by atoms with Gasteiger partial charge in [-0.25, -0.2) is 4.79 Å². The largest absolute Gasteiger partial charge is 0.497 e. The third kappa shape index (κ3) is 6.28. The van der Waals surface area contributed by atoms with E-state index in [0.717, 1.165) is 15.8 Å². The highest BCUT2D eigenvalue weighted by atomic mass is 79.9. The van der Waals surface area contributed by atoms with Crippen molar-refractivity contribution < 1.29 is 23.7 Å². The fourth-order valence-corrected chi connectivity index (χ4v) is 3.67. The second-order valence-electron chi connectivity index (χ2n) is 7.50. The average Bonchev–Trinajstić information content (AvgIpc) is 3.24. The van der Waals surface area contributed by atoms with E-state index in [1.54, 1.807) is 49.6 Å². The molecule has 0 bridgehead atoms. The first-order valence-corrected chi connectivity index (χ1v) is 11.5. The molecule has 34 heavy (non-hydrogen) atoms. The van der Waals surface area contributed by atoms with Gasteiger partial charge < -0.3 is 18.9 Å². The van der Waals surface area contributed by atoms with E-state index in [0.29, 0.717) is 11.3 Å². The smallest absolute Gasteiger partial charge is 0.338 e. The molecule has 1 aliphatic heterocycles. The summed E-state index contributed by atoms with van der Waals surface area (Å²) in [6, 6.07) is 24.0. The van der Waals surface area contributed by atoms with Crippen molar-refractivity contribution in [3.8, 4) is 23.3 Å². The van der Waals surface area contributed by atoms with E-state index in [9.17, 15) is 4.79 Å². The van der Waals surface area contributed by atoms with Gasteiger partial charge in [0, 0.05) is 10.0 Å². The van der Waals surface area contributed by atoms with E-state index in [2.05, 4.69) is 27.8 Å². The lowest BCUT2D eigenvalue weighted by atomic mass is 10.1. The maximum absolute atomic E-state index is 12.7. The van der Waals surface area contributed by atoms with Gasteiger partial charge in [-0.2, -0.15) is 0 Å². The zero-order chi connectivity index (χ0) is 23.8. The summed E-state index contributed by atoms with van der Waals surface area (Å²) in [5.74, 6) is 7.01. The molecule has 0 aliphatic carbocycles. The Kier molecular flexibility index (Phi) is 8.03. The first-order chi connectivity index (χ1) is 16.6. The molecule has 0 N–H and O–H groups in total. The molecule has 0 aromatic heterocycles. The van der Waals surface area contributed by atoms with Gasteiger partial charge >= 0.3 is 5.97 Å². The second kappa shape index (κ2) is 11.6. The molecule has 0 saturated carbocycles. The molecule has 0 amide bonds. The summed E-state index contributed by atoms with van der Waals surface area (Å²) < 4.78 is 24.0. The van der Waals surface area contributed by atoms with Gasteiger partial charge in [-0.3, -0.25) is 0 Å². The molecule has 1 heterocycles. The first-order valence-electron chi connectivity index (χ1n) is 10.7. The lowest BCUT2D eigenvalue weighted by Gasteiger charge is -2.23. The summed E-state index contributed by atoms with van der Waals surface area (Å²) in [6.07, 6.45) is 2.01. The Bertz CT molecular complexity index is 1180. The third-order valence-electron chi connectivity index (χ3n) is 5.17. The number of methoxy groups -OCH3 is 1. The predicted molar refractivity (Wildman–Crippen MR) is 133 cm³/mol. The van der Waals surface area contributed by atoms with Crippen LogP contribution in [0.5, 0.6) is 11.5 Å². The molecule has 1 aliphatic rings. The highest BCUT2D eigenvalue weighted by Crippen LogP contribution is 2.27. The van der Waals surface area contributed by atoms with Crippen molar-refractivity contribution in [2.75, 3.05) is 13.7 Å². The van der Waals surface area contributed by atoms with Crippen LogP contribution in [0.2, 0.25) is 0 Å². The van der Waals surface area contributed by atoms with E-state index < -0.39 is 24.3 Å². The molecule has 6 heteroatoms. The quantitative estimate of drug-likeness (QED) is 0.321. The maximum atomic E-state index is 12.7. The molecule has 5 nitrogen and oxygen atoms in total. The number of benzene rings is 3. The van der Waals surface area contributed by atoms with Gasteiger partial charge in [-0.15, -0.1) is 0 Å². The van der Waals surface area contributed by atoms with Crippen LogP contribution in [0.4, 0.5) is 0 Å².